The van der Waals surface area contributed by atoms with Crippen LogP contribution in [0.15, 0.2) is 28.7 Å². The monoisotopic (exact) mass is 297 g/mol. The molecule has 92 valence electrons. The molecule has 2 rings (SSSR count). The van der Waals surface area contributed by atoms with Gasteiger partial charge in [-0.2, -0.15) is 0 Å². The summed E-state index contributed by atoms with van der Waals surface area (Å²) in [5.41, 5.74) is 6.55. The van der Waals surface area contributed by atoms with Gasteiger partial charge in [0.25, 0.3) is 0 Å². The van der Waals surface area contributed by atoms with Gasteiger partial charge < -0.3 is 15.5 Å². The molecule has 4 nitrogen and oxygen atoms in total. The molecule has 0 radical (unpaired) electrons. The third-order valence-corrected chi connectivity index (χ3v) is 3.67. The Kier molecular flexibility index (Phi) is 4.02. The van der Waals surface area contributed by atoms with Crippen molar-refractivity contribution in [2.24, 2.45) is 5.73 Å². The minimum absolute atomic E-state index is 0.0387. The van der Waals surface area contributed by atoms with Gasteiger partial charge in [-0.1, -0.05) is 12.1 Å². The van der Waals surface area contributed by atoms with Gasteiger partial charge in [0.05, 0.1) is 12.2 Å². The standard InChI is InChI=1S/C12H16BrN3O/c13-10-3-1-2-4-11(10)15-5-7-16(8-6-15)12(17)9-14/h1-4H,5-9,14H2. The molecule has 1 fully saturated rings. The number of nitrogens with zero attached hydrogens (tertiary/aromatic N) is 2. The maximum absolute atomic E-state index is 11.5. The fourth-order valence-electron chi connectivity index (χ4n) is 2.03. The Hall–Kier alpha value is -1.07. The number of halogens is 1. The molecule has 1 amide bonds. The van der Waals surface area contributed by atoms with Crippen molar-refractivity contribution in [1.29, 1.82) is 0 Å². The van der Waals surface area contributed by atoms with Crippen LogP contribution in [0, 0.1) is 0 Å². The van der Waals surface area contributed by atoms with E-state index in [1.165, 1.54) is 5.69 Å². The first-order chi connectivity index (χ1) is 8.22. The SMILES string of the molecule is NCC(=O)N1CCN(c2ccccc2Br)CC1. The van der Waals surface area contributed by atoms with Gasteiger partial charge in [0.2, 0.25) is 5.91 Å². The minimum atomic E-state index is 0.0387. The Labute approximate surface area is 110 Å². The first-order valence-electron chi connectivity index (χ1n) is 5.69. The van der Waals surface area contributed by atoms with E-state index in [0.717, 1.165) is 30.7 Å². The van der Waals surface area contributed by atoms with Crippen LogP contribution in [-0.4, -0.2) is 43.5 Å². The van der Waals surface area contributed by atoms with Crippen molar-refractivity contribution >= 4 is 27.5 Å². The molecule has 1 heterocycles. The zero-order valence-corrected chi connectivity index (χ0v) is 11.2. The van der Waals surface area contributed by atoms with Crippen molar-refractivity contribution in [3.63, 3.8) is 0 Å². The number of benzene rings is 1. The first kappa shape index (κ1) is 12.4. The molecule has 5 heteroatoms. The van der Waals surface area contributed by atoms with E-state index in [4.69, 9.17) is 5.73 Å². The van der Waals surface area contributed by atoms with Crippen molar-refractivity contribution < 1.29 is 4.79 Å². The smallest absolute Gasteiger partial charge is 0.236 e. The average Bonchev–Trinajstić information content (AvgIpc) is 2.39. The number of carbonyl (C=O) groups excluding carboxylic acids is 1. The first-order valence-corrected chi connectivity index (χ1v) is 6.49. The van der Waals surface area contributed by atoms with Crippen LogP contribution in [0.25, 0.3) is 0 Å². The highest BCUT2D eigenvalue weighted by molar-refractivity contribution is 9.10. The van der Waals surface area contributed by atoms with Gasteiger partial charge in [-0.25, -0.2) is 0 Å². The van der Waals surface area contributed by atoms with E-state index < -0.39 is 0 Å². The Balaban J connectivity index is 2.00. The summed E-state index contributed by atoms with van der Waals surface area (Å²) in [6, 6.07) is 8.15. The molecular weight excluding hydrogens is 282 g/mol. The highest BCUT2D eigenvalue weighted by Crippen LogP contribution is 2.26. The maximum Gasteiger partial charge on any atom is 0.236 e. The molecule has 0 aromatic heterocycles. The quantitative estimate of drug-likeness (QED) is 0.888. The Morgan fingerprint density at radius 3 is 2.47 bits per heavy atom. The number of hydrogen-bond donors (Lipinski definition) is 1. The third-order valence-electron chi connectivity index (χ3n) is 3.00. The highest BCUT2D eigenvalue weighted by Gasteiger charge is 2.20. The van der Waals surface area contributed by atoms with Gasteiger partial charge in [-0.3, -0.25) is 4.79 Å². The van der Waals surface area contributed by atoms with Gasteiger partial charge in [-0.05, 0) is 28.1 Å². The second-order valence-corrected chi connectivity index (χ2v) is 4.88. The van der Waals surface area contributed by atoms with E-state index in [1.54, 1.807) is 0 Å². The van der Waals surface area contributed by atoms with Crippen LogP contribution >= 0.6 is 15.9 Å². The summed E-state index contributed by atoms with van der Waals surface area (Å²) in [7, 11) is 0. The van der Waals surface area contributed by atoms with Gasteiger partial charge in [0.1, 0.15) is 0 Å². The van der Waals surface area contributed by atoms with Crippen molar-refractivity contribution in [3.8, 4) is 0 Å². The lowest BCUT2D eigenvalue weighted by Gasteiger charge is -2.36. The molecule has 0 saturated carbocycles. The largest absolute Gasteiger partial charge is 0.367 e. The number of amides is 1. The normalized spacial score (nSPS) is 16.1. The number of piperazine rings is 1. The number of nitrogens with two attached hydrogens (primary N) is 1. The summed E-state index contributed by atoms with van der Waals surface area (Å²) < 4.78 is 1.10. The lowest BCUT2D eigenvalue weighted by molar-refractivity contribution is -0.129. The zero-order chi connectivity index (χ0) is 12.3. The van der Waals surface area contributed by atoms with Crippen LogP contribution < -0.4 is 10.6 Å². The number of carbonyl (C=O) groups is 1. The number of anilines is 1. The predicted octanol–water partition coefficient (Wildman–Crippen LogP) is 1.06. The van der Waals surface area contributed by atoms with Gasteiger partial charge >= 0.3 is 0 Å². The number of rotatable bonds is 2. The number of hydrogen-bond acceptors (Lipinski definition) is 3. The minimum Gasteiger partial charge on any atom is -0.367 e. The van der Waals surface area contributed by atoms with Crippen molar-refractivity contribution in [3.05, 3.63) is 28.7 Å². The van der Waals surface area contributed by atoms with Crippen LogP contribution in [-0.2, 0) is 4.79 Å². The van der Waals surface area contributed by atoms with Gasteiger partial charge in [0, 0.05) is 30.7 Å². The zero-order valence-electron chi connectivity index (χ0n) is 9.60. The summed E-state index contributed by atoms with van der Waals surface area (Å²) in [5.74, 6) is 0.0387. The third kappa shape index (κ3) is 2.79. The Morgan fingerprint density at radius 1 is 1.24 bits per heavy atom. The molecule has 0 unspecified atom stereocenters. The molecular formula is C12H16BrN3O. The molecule has 0 bridgehead atoms. The topological polar surface area (TPSA) is 49.6 Å². The molecule has 0 atom stereocenters. The van der Waals surface area contributed by atoms with E-state index in [2.05, 4.69) is 26.9 Å². The molecule has 0 aliphatic carbocycles. The summed E-state index contributed by atoms with van der Waals surface area (Å²) in [4.78, 5) is 15.6. The molecule has 2 N–H and O–H groups in total. The fourth-order valence-corrected chi connectivity index (χ4v) is 2.57. The summed E-state index contributed by atoms with van der Waals surface area (Å²) in [5, 5.41) is 0. The van der Waals surface area contributed by atoms with Gasteiger partial charge in [0.15, 0.2) is 0 Å². The van der Waals surface area contributed by atoms with E-state index in [1.807, 2.05) is 23.1 Å². The Morgan fingerprint density at radius 2 is 1.88 bits per heavy atom. The molecule has 17 heavy (non-hydrogen) atoms. The van der Waals surface area contributed by atoms with Gasteiger partial charge in [-0.15, -0.1) is 0 Å². The van der Waals surface area contributed by atoms with E-state index in [9.17, 15) is 4.79 Å². The maximum atomic E-state index is 11.5. The predicted molar refractivity (Wildman–Crippen MR) is 72.0 cm³/mol. The fraction of sp³-hybridized carbons (Fsp3) is 0.417. The molecule has 1 aromatic rings. The van der Waals surface area contributed by atoms with E-state index in [0.29, 0.717) is 0 Å². The van der Waals surface area contributed by atoms with Crippen molar-refractivity contribution in [2.75, 3.05) is 37.6 Å². The molecule has 0 spiro atoms. The van der Waals surface area contributed by atoms with Crippen molar-refractivity contribution in [2.45, 2.75) is 0 Å². The molecule has 1 aliphatic heterocycles. The van der Waals surface area contributed by atoms with Crippen molar-refractivity contribution in [1.82, 2.24) is 4.90 Å². The second-order valence-electron chi connectivity index (χ2n) is 4.02. The molecule has 1 saturated heterocycles. The summed E-state index contributed by atoms with van der Waals surface area (Å²) in [6.07, 6.45) is 0. The van der Waals surface area contributed by atoms with Crippen LogP contribution in [0.2, 0.25) is 0 Å². The molecule has 1 aliphatic rings. The average molecular weight is 298 g/mol. The highest BCUT2D eigenvalue weighted by atomic mass is 79.9. The molecule has 1 aromatic carbocycles. The van der Waals surface area contributed by atoms with E-state index in [-0.39, 0.29) is 12.5 Å². The Bertz CT molecular complexity index is 402. The lowest BCUT2D eigenvalue weighted by Crippen LogP contribution is -2.50. The van der Waals surface area contributed by atoms with Crippen LogP contribution in [0.5, 0.6) is 0 Å². The van der Waals surface area contributed by atoms with Crippen LogP contribution in [0.1, 0.15) is 0 Å². The number of para-hydroxylation sites is 1. The summed E-state index contributed by atoms with van der Waals surface area (Å²) in [6.45, 7) is 3.31. The van der Waals surface area contributed by atoms with Crippen LogP contribution in [0.3, 0.4) is 0 Å². The second kappa shape index (κ2) is 5.51. The summed E-state index contributed by atoms with van der Waals surface area (Å²) >= 11 is 3.55. The lowest BCUT2D eigenvalue weighted by atomic mass is 10.2. The van der Waals surface area contributed by atoms with E-state index >= 15 is 0 Å². The van der Waals surface area contributed by atoms with Crippen LogP contribution in [0.4, 0.5) is 5.69 Å².